The Bertz CT molecular complexity index is 1680. The van der Waals surface area contributed by atoms with Crippen molar-refractivity contribution < 1.29 is 17.6 Å². The molecule has 1 atom stereocenters. The largest absolute Gasteiger partial charge is 0.454 e. The summed E-state index contributed by atoms with van der Waals surface area (Å²) in [4.78, 5) is 29.7. The monoisotopic (exact) mass is 548 g/mol. The van der Waals surface area contributed by atoms with Crippen molar-refractivity contribution in [2.45, 2.75) is 19.9 Å². The van der Waals surface area contributed by atoms with Gasteiger partial charge in [-0.25, -0.2) is 18.1 Å². The minimum absolute atomic E-state index is 0.0148. The maximum atomic E-state index is 13.2. The lowest BCUT2D eigenvalue weighted by Gasteiger charge is -2.20. The van der Waals surface area contributed by atoms with E-state index in [1.165, 1.54) is 12.1 Å². The van der Waals surface area contributed by atoms with Crippen LogP contribution in [0, 0.1) is 6.92 Å². The normalized spacial score (nSPS) is 12.5. The molecule has 0 unspecified atom stereocenters. The quantitative estimate of drug-likeness (QED) is 0.335. The number of hydrogen-bond donors (Lipinski definition) is 2. The lowest BCUT2D eigenvalue weighted by molar-refractivity contribution is 0.0977. The van der Waals surface area contributed by atoms with Crippen LogP contribution in [0.25, 0.3) is 22.3 Å². The van der Waals surface area contributed by atoms with E-state index in [1.807, 2.05) is 35.5 Å². The number of hydrogen-bond acceptors (Lipinski definition) is 7. The smallest absolute Gasteiger partial charge is 0.285 e. The second-order valence-electron chi connectivity index (χ2n) is 8.47. The van der Waals surface area contributed by atoms with Crippen LogP contribution >= 0.6 is 23.2 Å². The number of fused-ring (bicyclic) bond motifs is 1. The Labute approximate surface area is 217 Å². The topological polar surface area (TPSA) is 123 Å². The molecule has 0 aliphatic rings. The number of carbonyl (C=O) groups excluding carboxylic acids is 1. The number of nitrogens with zero attached hydrogens (tertiary/aromatic N) is 2. The van der Waals surface area contributed by atoms with E-state index in [9.17, 15) is 18.0 Å². The summed E-state index contributed by atoms with van der Waals surface area (Å²) in [5.41, 5.74) is 2.07. The first-order valence-electron chi connectivity index (χ1n) is 10.7. The Kier molecular flexibility index (Phi) is 6.87. The molecule has 1 amide bonds. The lowest BCUT2D eigenvalue weighted by Crippen LogP contribution is -2.31. The molecular formula is C24H22Cl2N4O5S. The maximum Gasteiger partial charge on any atom is 0.285 e. The summed E-state index contributed by atoms with van der Waals surface area (Å²) in [6.45, 7) is 3.64. The highest BCUT2D eigenvalue weighted by molar-refractivity contribution is 7.89. The highest BCUT2D eigenvalue weighted by atomic mass is 35.5. The van der Waals surface area contributed by atoms with E-state index in [0.29, 0.717) is 22.1 Å². The molecule has 0 bridgehead atoms. The summed E-state index contributed by atoms with van der Waals surface area (Å²) in [5, 5.41) is 3.47. The summed E-state index contributed by atoms with van der Waals surface area (Å²) >= 11 is 12.4. The van der Waals surface area contributed by atoms with Gasteiger partial charge in [-0.3, -0.25) is 9.59 Å². The molecule has 12 heteroatoms. The van der Waals surface area contributed by atoms with Crippen molar-refractivity contribution in [1.82, 2.24) is 14.3 Å². The molecule has 0 aliphatic carbocycles. The second-order valence-corrected chi connectivity index (χ2v) is 11.0. The van der Waals surface area contributed by atoms with Gasteiger partial charge >= 0.3 is 0 Å². The van der Waals surface area contributed by atoms with Gasteiger partial charge in [-0.1, -0.05) is 29.3 Å². The van der Waals surface area contributed by atoms with Gasteiger partial charge in [0.15, 0.2) is 11.5 Å². The van der Waals surface area contributed by atoms with Gasteiger partial charge in [-0.2, -0.15) is 0 Å². The molecule has 0 fully saturated rings. The van der Waals surface area contributed by atoms with Crippen molar-refractivity contribution in [3.8, 4) is 11.3 Å². The Morgan fingerprint density at radius 3 is 2.56 bits per heavy atom. The van der Waals surface area contributed by atoms with E-state index in [4.69, 9.17) is 27.6 Å². The van der Waals surface area contributed by atoms with Crippen LogP contribution in [-0.4, -0.2) is 30.1 Å². The summed E-state index contributed by atoms with van der Waals surface area (Å²) in [6, 6.07) is 7.82. The molecule has 0 spiro atoms. The fourth-order valence-corrected chi connectivity index (χ4v) is 4.68. The van der Waals surface area contributed by atoms with Crippen LogP contribution in [-0.2, 0) is 17.1 Å². The van der Waals surface area contributed by atoms with Gasteiger partial charge in [0.25, 0.3) is 5.91 Å². The van der Waals surface area contributed by atoms with Crippen LogP contribution in [0.2, 0.25) is 10.2 Å². The fourth-order valence-electron chi connectivity index (χ4n) is 3.85. The Morgan fingerprint density at radius 1 is 1.19 bits per heavy atom. The third-order valence-corrected chi connectivity index (χ3v) is 6.51. The molecule has 4 rings (SSSR count). The third-order valence-electron chi connectivity index (χ3n) is 5.40. The number of aromatic nitrogens is 2. The molecule has 3 heterocycles. The van der Waals surface area contributed by atoms with E-state index in [2.05, 4.69) is 10.3 Å². The van der Waals surface area contributed by atoms with Crippen molar-refractivity contribution in [2.75, 3.05) is 11.6 Å². The molecule has 4 aromatic rings. The van der Waals surface area contributed by atoms with Gasteiger partial charge in [-0.15, -0.1) is 0 Å². The number of amides is 1. The van der Waals surface area contributed by atoms with Crippen LogP contribution in [0.1, 0.15) is 34.6 Å². The standard InChI is InChI=1S/C24H22Cl2N4O5S/c1-12-9-15(13(2)27-17-5-6-18(25)28-20(17)24(32)29-36(4,33)34)23-16(10-12)21(31)19(26)22(35-23)14-7-8-30(3)11-14/h5-11,13,27H,1-4H3,(H,29,32)/t13-/m1/s1. The number of sulfonamides is 1. The van der Waals surface area contributed by atoms with Crippen LogP contribution in [0.15, 0.2) is 51.9 Å². The van der Waals surface area contributed by atoms with Gasteiger partial charge in [-0.05, 0) is 43.7 Å². The lowest BCUT2D eigenvalue weighted by atomic mass is 10.0. The third kappa shape index (κ3) is 5.25. The predicted octanol–water partition coefficient (Wildman–Crippen LogP) is 4.67. The van der Waals surface area contributed by atoms with Crippen LogP contribution < -0.4 is 15.5 Å². The Balaban J connectivity index is 1.83. The highest BCUT2D eigenvalue weighted by Crippen LogP contribution is 2.34. The van der Waals surface area contributed by atoms with Gasteiger partial charge in [0.1, 0.15) is 15.8 Å². The zero-order chi connectivity index (χ0) is 26.4. The van der Waals surface area contributed by atoms with Gasteiger partial charge < -0.3 is 14.3 Å². The number of benzene rings is 1. The summed E-state index contributed by atoms with van der Waals surface area (Å²) < 4.78 is 33.1. The molecule has 188 valence electrons. The van der Waals surface area contributed by atoms with E-state index < -0.39 is 22.0 Å². The van der Waals surface area contributed by atoms with Crippen molar-refractivity contribution in [1.29, 1.82) is 0 Å². The average molecular weight is 549 g/mol. The predicted molar refractivity (Wildman–Crippen MR) is 140 cm³/mol. The van der Waals surface area contributed by atoms with E-state index >= 15 is 0 Å². The molecule has 2 N–H and O–H groups in total. The fraction of sp³-hybridized carbons (Fsp3) is 0.208. The molecule has 0 saturated heterocycles. The van der Waals surface area contributed by atoms with Crippen LogP contribution in [0.5, 0.6) is 0 Å². The minimum atomic E-state index is -3.83. The number of carbonyl (C=O) groups is 1. The number of rotatable bonds is 6. The summed E-state index contributed by atoms with van der Waals surface area (Å²) in [7, 11) is -1.99. The zero-order valence-corrected chi connectivity index (χ0v) is 22.0. The first-order valence-corrected chi connectivity index (χ1v) is 13.3. The van der Waals surface area contributed by atoms with E-state index in [-0.39, 0.29) is 32.7 Å². The molecular weight excluding hydrogens is 527 g/mol. The maximum absolute atomic E-state index is 13.2. The van der Waals surface area contributed by atoms with Gasteiger partial charge in [0, 0.05) is 30.6 Å². The number of aryl methyl sites for hydroxylation is 2. The molecule has 1 aromatic carbocycles. The second kappa shape index (κ2) is 9.61. The van der Waals surface area contributed by atoms with Gasteiger partial charge in [0.2, 0.25) is 15.5 Å². The zero-order valence-electron chi connectivity index (χ0n) is 19.7. The molecule has 0 radical (unpaired) electrons. The highest BCUT2D eigenvalue weighted by Gasteiger charge is 2.23. The molecule has 36 heavy (non-hydrogen) atoms. The average Bonchev–Trinajstić information content (AvgIpc) is 3.22. The summed E-state index contributed by atoms with van der Waals surface area (Å²) in [6.07, 6.45) is 4.46. The van der Waals surface area contributed by atoms with Crippen molar-refractivity contribution >= 4 is 55.8 Å². The first-order chi connectivity index (χ1) is 16.8. The number of nitrogens with one attached hydrogen (secondary N) is 2. The van der Waals surface area contributed by atoms with Crippen molar-refractivity contribution in [3.63, 3.8) is 0 Å². The molecule has 9 nitrogen and oxygen atoms in total. The molecule has 0 saturated carbocycles. The number of anilines is 1. The summed E-state index contributed by atoms with van der Waals surface area (Å²) in [5.74, 6) is -0.693. The number of pyridine rings is 1. The van der Waals surface area contributed by atoms with E-state index in [1.54, 1.807) is 25.3 Å². The van der Waals surface area contributed by atoms with Crippen molar-refractivity contribution in [2.24, 2.45) is 7.05 Å². The van der Waals surface area contributed by atoms with E-state index in [0.717, 1.165) is 11.8 Å². The van der Waals surface area contributed by atoms with Crippen molar-refractivity contribution in [3.05, 3.63) is 79.9 Å². The Morgan fingerprint density at radius 2 is 1.92 bits per heavy atom. The molecule has 3 aromatic heterocycles. The number of halogens is 2. The van der Waals surface area contributed by atoms with Crippen LogP contribution in [0.3, 0.4) is 0 Å². The minimum Gasteiger partial charge on any atom is -0.454 e. The Hall–Kier alpha value is -3.34. The SMILES string of the molecule is Cc1cc([C@@H](C)Nc2ccc(Cl)nc2C(=O)NS(C)(=O)=O)c2oc(-c3ccn(C)c3)c(Cl)c(=O)c2c1. The van der Waals surface area contributed by atoms with Gasteiger partial charge in [0.05, 0.1) is 23.4 Å². The molecule has 0 aliphatic heterocycles. The first kappa shape index (κ1) is 25.7. The van der Waals surface area contributed by atoms with Crippen LogP contribution in [0.4, 0.5) is 5.69 Å².